The fraction of sp³-hybridized carbons (Fsp3) is 0.250. The van der Waals surface area contributed by atoms with Gasteiger partial charge in [0.1, 0.15) is 0 Å². The van der Waals surface area contributed by atoms with E-state index in [4.69, 9.17) is 0 Å². The van der Waals surface area contributed by atoms with E-state index in [0.29, 0.717) is 5.75 Å². The van der Waals surface area contributed by atoms with Crippen molar-refractivity contribution in [1.82, 2.24) is 0 Å². The molecule has 0 spiro atoms. The van der Waals surface area contributed by atoms with Crippen LogP contribution in [0, 0.1) is 0 Å². The molecule has 0 heterocycles. The molecule has 2 aliphatic rings. The highest BCUT2D eigenvalue weighted by atomic mass is 32.1. The van der Waals surface area contributed by atoms with E-state index < -0.39 is 0 Å². The summed E-state index contributed by atoms with van der Waals surface area (Å²) < 4.78 is 0. The first-order valence-electron chi connectivity index (χ1n) is 7.90. The number of hydrogen-bond donors (Lipinski definition) is 1. The molecule has 112 valence electrons. The zero-order chi connectivity index (χ0) is 15.7. The fourth-order valence-electron chi connectivity index (χ4n) is 3.50. The summed E-state index contributed by atoms with van der Waals surface area (Å²) in [6.07, 6.45) is 1.79. The van der Waals surface area contributed by atoms with Crippen molar-refractivity contribution in [2.75, 3.05) is 5.75 Å². The van der Waals surface area contributed by atoms with Gasteiger partial charge in [-0.05, 0) is 45.5 Å². The van der Waals surface area contributed by atoms with Crippen molar-refractivity contribution in [2.45, 2.75) is 26.7 Å². The van der Waals surface area contributed by atoms with Crippen molar-refractivity contribution >= 4 is 29.6 Å². The third-order valence-corrected chi connectivity index (χ3v) is 4.63. The third-order valence-electron chi connectivity index (χ3n) is 4.34. The Labute approximate surface area is 136 Å². The first kappa shape index (κ1) is 15.1. The van der Waals surface area contributed by atoms with E-state index in [0.717, 1.165) is 23.6 Å². The smallest absolute Gasteiger partial charge is 0.169 e. The highest BCUT2D eigenvalue weighted by Gasteiger charge is 2.24. The number of fused-ring (bicyclic) bond motifs is 3. The largest absolute Gasteiger partial charge is 0.294 e. The normalized spacial score (nSPS) is 14.0. The van der Waals surface area contributed by atoms with Crippen molar-refractivity contribution < 1.29 is 4.79 Å². The Morgan fingerprint density at radius 2 is 1.64 bits per heavy atom. The van der Waals surface area contributed by atoms with Crippen LogP contribution in [0.2, 0.25) is 0 Å². The van der Waals surface area contributed by atoms with Gasteiger partial charge in [-0.25, -0.2) is 0 Å². The first-order chi connectivity index (χ1) is 10.8. The van der Waals surface area contributed by atoms with E-state index in [1.165, 1.54) is 27.5 Å². The third kappa shape index (κ3) is 2.14. The molecule has 0 unspecified atom stereocenters. The number of ketones is 1. The molecule has 0 aliphatic heterocycles. The molecule has 0 N–H and O–H groups in total. The topological polar surface area (TPSA) is 17.1 Å². The molecule has 1 nitrogen and oxygen atoms in total. The molecule has 0 saturated heterocycles. The number of hydrogen-bond acceptors (Lipinski definition) is 2. The van der Waals surface area contributed by atoms with Crippen LogP contribution < -0.4 is 10.4 Å². The van der Waals surface area contributed by atoms with E-state index in [1.807, 2.05) is 13.8 Å². The number of benzene rings is 2. The lowest BCUT2D eigenvalue weighted by Crippen LogP contribution is -2.34. The lowest BCUT2D eigenvalue weighted by Gasteiger charge is -2.13. The van der Waals surface area contributed by atoms with Crippen molar-refractivity contribution in [1.29, 1.82) is 0 Å². The Morgan fingerprint density at radius 1 is 0.955 bits per heavy atom. The summed E-state index contributed by atoms with van der Waals surface area (Å²) in [6.45, 7) is 4.00. The summed E-state index contributed by atoms with van der Waals surface area (Å²) in [5.41, 5.74) is 6.28. The van der Waals surface area contributed by atoms with E-state index in [2.05, 4.69) is 55.1 Å². The number of carbonyl (C=O) groups is 1. The molecule has 0 atom stereocenters. The van der Waals surface area contributed by atoms with Gasteiger partial charge in [-0.15, -0.1) is 0 Å². The van der Waals surface area contributed by atoms with Crippen LogP contribution in [0.3, 0.4) is 0 Å². The number of thiol groups is 1. The van der Waals surface area contributed by atoms with E-state index >= 15 is 0 Å². The molecule has 0 saturated carbocycles. The molecule has 2 aliphatic carbocycles. The maximum Gasteiger partial charge on any atom is 0.169 e. The predicted octanol–water partition coefficient (Wildman–Crippen LogP) is 3.34. The summed E-state index contributed by atoms with van der Waals surface area (Å²) in [6, 6.07) is 14.9. The molecular weight excluding hydrogens is 288 g/mol. The second-order valence-corrected chi connectivity index (χ2v) is 5.63. The van der Waals surface area contributed by atoms with Crippen LogP contribution in [0.4, 0.5) is 0 Å². The standard InChI is InChI=1S/C18H14OS.C2H6/c19-17(10-20)13-8-9-16-12-5-2-1-4-11(12)14-6-3-7-15(13)18(14)16;1-2/h1-7,20H,8-10H2;1-2H3. The second-order valence-electron chi connectivity index (χ2n) is 5.31. The van der Waals surface area contributed by atoms with Crippen LogP contribution >= 0.6 is 12.6 Å². The van der Waals surface area contributed by atoms with Gasteiger partial charge in [0, 0.05) is 5.57 Å². The van der Waals surface area contributed by atoms with Gasteiger partial charge in [0.15, 0.2) is 5.78 Å². The minimum Gasteiger partial charge on any atom is -0.294 e. The van der Waals surface area contributed by atoms with Crippen LogP contribution in [-0.2, 0) is 4.79 Å². The zero-order valence-corrected chi connectivity index (χ0v) is 13.9. The van der Waals surface area contributed by atoms with Crippen molar-refractivity contribution in [2.24, 2.45) is 0 Å². The molecule has 2 aromatic carbocycles. The SMILES string of the molecule is CC.O=C(CS)C1=c2cccc3c2=C(CC1)c1ccccc1-3. The highest BCUT2D eigenvalue weighted by molar-refractivity contribution is 7.81. The molecule has 0 aromatic heterocycles. The van der Waals surface area contributed by atoms with E-state index in [9.17, 15) is 4.79 Å². The minimum absolute atomic E-state index is 0.164. The number of carbonyl (C=O) groups excluding carboxylic acids is 1. The molecule has 2 aromatic rings. The van der Waals surface area contributed by atoms with Gasteiger partial charge in [-0.2, -0.15) is 12.6 Å². The van der Waals surface area contributed by atoms with Crippen molar-refractivity contribution in [3.63, 3.8) is 0 Å². The predicted molar refractivity (Wildman–Crippen MR) is 96.5 cm³/mol. The summed E-state index contributed by atoms with van der Waals surface area (Å²) in [5.74, 6) is 0.457. The number of rotatable bonds is 2. The lowest BCUT2D eigenvalue weighted by atomic mass is 9.91. The van der Waals surface area contributed by atoms with Gasteiger partial charge >= 0.3 is 0 Å². The average Bonchev–Trinajstić information content (AvgIpc) is 2.93. The van der Waals surface area contributed by atoms with Gasteiger partial charge in [-0.3, -0.25) is 4.79 Å². The van der Waals surface area contributed by atoms with Crippen LogP contribution in [0.25, 0.3) is 22.3 Å². The Balaban J connectivity index is 0.000000693. The first-order valence-corrected chi connectivity index (χ1v) is 8.53. The van der Waals surface area contributed by atoms with Crippen molar-refractivity contribution in [3.8, 4) is 11.1 Å². The fourth-order valence-corrected chi connectivity index (χ4v) is 3.69. The average molecular weight is 308 g/mol. The second kappa shape index (κ2) is 6.13. The molecule has 4 rings (SSSR count). The van der Waals surface area contributed by atoms with Gasteiger partial charge < -0.3 is 0 Å². The van der Waals surface area contributed by atoms with Crippen LogP contribution in [0.15, 0.2) is 42.5 Å². The molecule has 2 heteroatoms. The van der Waals surface area contributed by atoms with Gasteiger partial charge in [0.25, 0.3) is 0 Å². The lowest BCUT2D eigenvalue weighted by molar-refractivity contribution is -0.111. The molecule has 22 heavy (non-hydrogen) atoms. The van der Waals surface area contributed by atoms with Gasteiger partial charge in [-0.1, -0.05) is 56.3 Å². The zero-order valence-electron chi connectivity index (χ0n) is 13.0. The van der Waals surface area contributed by atoms with Crippen molar-refractivity contribution in [3.05, 3.63) is 58.5 Å². The van der Waals surface area contributed by atoms with Crippen LogP contribution in [-0.4, -0.2) is 11.5 Å². The molecule has 0 amide bonds. The number of Topliss-reactive ketones (excluding diaryl/α,β-unsaturated/α-hetero) is 1. The summed E-state index contributed by atoms with van der Waals surface area (Å²) in [7, 11) is 0. The van der Waals surface area contributed by atoms with Crippen LogP contribution in [0.1, 0.15) is 32.3 Å². The molecule has 0 bridgehead atoms. The molecular formula is C20H20OS. The maximum absolute atomic E-state index is 12.1. The summed E-state index contributed by atoms with van der Waals surface area (Å²) in [4.78, 5) is 12.1. The highest BCUT2D eigenvalue weighted by Crippen LogP contribution is 2.35. The summed E-state index contributed by atoms with van der Waals surface area (Å²) >= 11 is 4.15. The Hall–Kier alpha value is -1.80. The van der Waals surface area contributed by atoms with Crippen LogP contribution in [0.5, 0.6) is 0 Å². The summed E-state index contributed by atoms with van der Waals surface area (Å²) in [5, 5.41) is 2.41. The molecule has 0 radical (unpaired) electrons. The Bertz CT molecular complexity index is 862. The van der Waals surface area contributed by atoms with E-state index in [-0.39, 0.29) is 5.78 Å². The molecule has 0 fully saturated rings. The monoisotopic (exact) mass is 308 g/mol. The van der Waals surface area contributed by atoms with E-state index in [1.54, 1.807) is 0 Å². The maximum atomic E-state index is 12.1. The minimum atomic E-state index is 0.164. The Morgan fingerprint density at radius 3 is 2.36 bits per heavy atom. The van der Waals surface area contributed by atoms with Gasteiger partial charge in [0.05, 0.1) is 5.75 Å². The quantitative estimate of drug-likeness (QED) is 0.842. The van der Waals surface area contributed by atoms with Gasteiger partial charge in [0.2, 0.25) is 0 Å². The Kier molecular flexibility index (Phi) is 4.21.